The average molecular weight is 368 g/mol. The van der Waals surface area contributed by atoms with Gasteiger partial charge >= 0.3 is 5.97 Å². The molecule has 6 nitrogen and oxygen atoms in total. The summed E-state index contributed by atoms with van der Waals surface area (Å²) in [6.45, 7) is 0.345. The van der Waals surface area contributed by atoms with Crippen molar-refractivity contribution in [2.45, 2.75) is 51.2 Å². The van der Waals surface area contributed by atoms with E-state index in [0.717, 1.165) is 18.4 Å². The Labute approximate surface area is 158 Å². The zero-order valence-electron chi connectivity index (χ0n) is 15.2. The van der Waals surface area contributed by atoms with Crippen LogP contribution in [-0.4, -0.2) is 28.1 Å². The number of carbonyl (C=O) groups excluding carboxylic acids is 1. The molecule has 6 heteroatoms. The van der Waals surface area contributed by atoms with Crippen LogP contribution in [0.15, 0.2) is 42.6 Å². The van der Waals surface area contributed by atoms with Crippen LogP contribution in [0.3, 0.4) is 0 Å². The molecule has 3 rings (SSSR count). The normalized spacial score (nSPS) is 14.5. The van der Waals surface area contributed by atoms with E-state index in [-0.39, 0.29) is 24.0 Å². The Kier molecular flexibility index (Phi) is 6.41. The van der Waals surface area contributed by atoms with Crippen molar-refractivity contribution in [1.29, 1.82) is 0 Å². The van der Waals surface area contributed by atoms with Crippen molar-refractivity contribution in [3.63, 3.8) is 0 Å². The number of pyridine rings is 1. The SMILES string of the molecule is O=C(Cc1ccccc1C(=O)O)NCc1ccnc(OC2CCCCC2)c1. The smallest absolute Gasteiger partial charge is 0.335 e. The lowest BCUT2D eigenvalue weighted by molar-refractivity contribution is -0.120. The van der Waals surface area contributed by atoms with E-state index in [1.807, 2.05) is 12.1 Å². The lowest BCUT2D eigenvalue weighted by Crippen LogP contribution is -2.25. The number of amides is 1. The van der Waals surface area contributed by atoms with E-state index in [1.54, 1.807) is 24.4 Å². The molecule has 1 aliphatic carbocycles. The van der Waals surface area contributed by atoms with Crippen LogP contribution in [0.25, 0.3) is 0 Å². The number of carboxylic acids is 1. The van der Waals surface area contributed by atoms with Crippen molar-refractivity contribution in [2.24, 2.45) is 0 Å². The van der Waals surface area contributed by atoms with Crippen LogP contribution in [0, 0.1) is 0 Å². The minimum Gasteiger partial charge on any atom is -0.478 e. The van der Waals surface area contributed by atoms with Gasteiger partial charge < -0.3 is 15.2 Å². The number of carboxylic acid groups (broad SMARTS) is 1. The molecule has 1 fully saturated rings. The Morgan fingerprint density at radius 2 is 1.93 bits per heavy atom. The van der Waals surface area contributed by atoms with Gasteiger partial charge in [0.2, 0.25) is 11.8 Å². The average Bonchev–Trinajstić information content (AvgIpc) is 2.68. The van der Waals surface area contributed by atoms with E-state index in [9.17, 15) is 14.7 Å². The van der Waals surface area contributed by atoms with Crippen LogP contribution in [-0.2, 0) is 17.8 Å². The summed E-state index contributed by atoms with van der Waals surface area (Å²) in [7, 11) is 0. The predicted octanol–water partition coefficient (Wildman–Crippen LogP) is 3.35. The van der Waals surface area contributed by atoms with Crippen LogP contribution in [0.4, 0.5) is 0 Å². The standard InChI is InChI=1S/C21H24N2O4/c24-19(13-16-6-4-5-9-18(16)21(25)26)23-14-15-10-11-22-20(12-15)27-17-7-2-1-3-8-17/h4-6,9-12,17H,1-3,7-8,13-14H2,(H,23,24)(H,25,26). The molecule has 0 aliphatic heterocycles. The summed E-state index contributed by atoms with van der Waals surface area (Å²) >= 11 is 0. The van der Waals surface area contributed by atoms with Crippen LogP contribution in [0.5, 0.6) is 5.88 Å². The number of aromatic carboxylic acids is 1. The third kappa shape index (κ3) is 5.54. The molecule has 0 radical (unpaired) electrons. The third-order valence-corrected chi connectivity index (χ3v) is 4.73. The minimum absolute atomic E-state index is 0.0268. The van der Waals surface area contributed by atoms with E-state index >= 15 is 0 Å². The van der Waals surface area contributed by atoms with Gasteiger partial charge in [-0.1, -0.05) is 24.6 Å². The number of hydrogen-bond donors (Lipinski definition) is 2. The van der Waals surface area contributed by atoms with Crippen molar-refractivity contribution in [3.05, 3.63) is 59.3 Å². The first-order valence-corrected chi connectivity index (χ1v) is 9.31. The van der Waals surface area contributed by atoms with Crippen molar-refractivity contribution < 1.29 is 19.4 Å². The van der Waals surface area contributed by atoms with E-state index in [2.05, 4.69) is 10.3 Å². The Morgan fingerprint density at radius 1 is 1.15 bits per heavy atom. The summed E-state index contributed by atoms with van der Waals surface area (Å²) < 4.78 is 5.95. The molecule has 0 bridgehead atoms. The number of aromatic nitrogens is 1. The van der Waals surface area contributed by atoms with Gasteiger partial charge in [-0.2, -0.15) is 0 Å². The first kappa shape index (κ1) is 18.9. The molecular formula is C21H24N2O4. The highest BCUT2D eigenvalue weighted by Gasteiger charge is 2.16. The molecule has 1 aromatic carbocycles. The fraction of sp³-hybridized carbons (Fsp3) is 0.381. The van der Waals surface area contributed by atoms with Crippen molar-refractivity contribution >= 4 is 11.9 Å². The van der Waals surface area contributed by atoms with E-state index in [1.165, 1.54) is 25.3 Å². The fourth-order valence-electron chi connectivity index (χ4n) is 3.30. The fourth-order valence-corrected chi connectivity index (χ4v) is 3.30. The second-order valence-electron chi connectivity index (χ2n) is 6.80. The molecule has 2 aromatic rings. The van der Waals surface area contributed by atoms with Gasteiger partial charge in [0.25, 0.3) is 0 Å². The number of carbonyl (C=O) groups is 2. The zero-order valence-corrected chi connectivity index (χ0v) is 15.2. The lowest BCUT2D eigenvalue weighted by atomic mass is 9.98. The molecule has 0 unspecified atom stereocenters. The molecule has 1 saturated carbocycles. The summed E-state index contributed by atoms with van der Waals surface area (Å²) in [4.78, 5) is 27.7. The van der Waals surface area contributed by atoms with Crippen LogP contribution < -0.4 is 10.1 Å². The Bertz CT molecular complexity index is 800. The summed E-state index contributed by atoms with van der Waals surface area (Å²) in [5, 5.41) is 12.0. The van der Waals surface area contributed by atoms with E-state index in [0.29, 0.717) is 18.0 Å². The van der Waals surface area contributed by atoms with Gasteiger partial charge in [-0.15, -0.1) is 0 Å². The molecule has 0 atom stereocenters. The number of nitrogens with one attached hydrogen (secondary N) is 1. The number of hydrogen-bond acceptors (Lipinski definition) is 4. The van der Waals surface area contributed by atoms with E-state index in [4.69, 9.17) is 4.74 Å². The largest absolute Gasteiger partial charge is 0.478 e. The maximum atomic E-state index is 12.2. The van der Waals surface area contributed by atoms with Crippen LogP contribution in [0.1, 0.15) is 53.6 Å². The van der Waals surface area contributed by atoms with E-state index < -0.39 is 5.97 Å². The molecule has 27 heavy (non-hydrogen) atoms. The quantitative estimate of drug-likeness (QED) is 0.782. The number of nitrogens with zero attached hydrogens (tertiary/aromatic N) is 1. The maximum Gasteiger partial charge on any atom is 0.335 e. The topological polar surface area (TPSA) is 88.5 Å². The van der Waals surface area contributed by atoms with Crippen molar-refractivity contribution in [1.82, 2.24) is 10.3 Å². The molecule has 0 saturated heterocycles. The summed E-state index contributed by atoms with van der Waals surface area (Å²) in [6, 6.07) is 10.2. The van der Waals surface area contributed by atoms with Crippen molar-refractivity contribution in [3.8, 4) is 5.88 Å². The van der Waals surface area contributed by atoms with Gasteiger partial charge in [-0.05, 0) is 48.9 Å². The molecule has 0 spiro atoms. The predicted molar refractivity (Wildman–Crippen MR) is 101 cm³/mol. The Hall–Kier alpha value is -2.89. The van der Waals surface area contributed by atoms with Gasteiger partial charge in [0.1, 0.15) is 6.10 Å². The van der Waals surface area contributed by atoms with Crippen LogP contribution >= 0.6 is 0 Å². The molecule has 1 aromatic heterocycles. The second kappa shape index (κ2) is 9.16. The molecule has 2 N–H and O–H groups in total. The lowest BCUT2D eigenvalue weighted by Gasteiger charge is -2.22. The third-order valence-electron chi connectivity index (χ3n) is 4.73. The monoisotopic (exact) mass is 368 g/mol. The molecule has 1 amide bonds. The summed E-state index contributed by atoms with van der Waals surface area (Å²) in [6.07, 6.45) is 7.71. The summed E-state index contributed by atoms with van der Waals surface area (Å²) in [5.74, 6) is -0.669. The Morgan fingerprint density at radius 3 is 2.70 bits per heavy atom. The first-order chi connectivity index (χ1) is 13.1. The number of rotatable bonds is 7. The van der Waals surface area contributed by atoms with Gasteiger partial charge in [0.05, 0.1) is 12.0 Å². The summed E-state index contributed by atoms with van der Waals surface area (Å²) in [5.41, 5.74) is 1.55. The minimum atomic E-state index is -1.03. The maximum absolute atomic E-state index is 12.2. The number of ether oxygens (including phenoxy) is 1. The van der Waals surface area contributed by atoms with Crippen molar-refractivity contribution in [2.75, 3.05) is 0 Å². The molecular weight excluding hydrogens is 344 g/mol. The highest BCUT2D eigenvalue weighted by atomic mass is 16.5. The highest BCUT2D eigenvalue weighted by Crippen LogP contribution is 2.22. The van der Waals surface area contributed by atoms with Gasteiger partial charge in [0.15, 0.2) is 0 Å². The van der Waals surface area contributed by atoms with Gasteiger partial charge in [-0.3, -0.25) is 4.79 Å². The number of benzene rings is 1. The first-order valence-electron chi connectivity index (χ1n) is 9.31. The Balaban J connectivity index is 1.54. The zero-order chi connectivity index (χ0) is 19.1. The second-order valence-corrected chi connectivity index (χ2v) is 6.80. The van der Waals surface area contributed by atoms with Gasteiger partial charge in [-0.25, -0.2) is 9.78 Å². The molecule has 1 aliphatic rings. The van der Waals surface area contributed by atoms with Gasteiger partial charge in [0, 0.05) is 18.8 Å². The highest BCUT2D eigenvalue weighted by molar-refractivity contribution is 5.91. The molecule has 1 heterocycles. The molecule has 142 valence electrons. The van der Waals surface area contributed by atoms with Crippen LogP contribution in [0.2, 0.25) is 0 Å².